The fourth-order valence-electron chi connectivity index (χ4n) is 2.97. The van der Waals surface area contributed by atoms with Gasteiger partial charge in [-0.25, -0.2) is 4.98 Å². The Kier molecular flexibility index (Phi) is 7.64. The third-order valence-corrected chi connectivity index (χ3v) is 6.17. The van der Waals surface area contributed by atoms with E-state index in [-0.39, 0.29) is 5.11 Å². The summed E-state index contributed by atoms with van der Waals surface area (Å²) in [6.45, 7) is 1.58. The van der Waals surface area contributed by atoms with E-state index < -0.39 is 12.0 Å². The monoisotopic (exact) mass is 597 g/mol. The molecule has 1 heterocycles. The van der Waals surface area contributed by atoms with Crippen molar-refractivity contribution >= 4 is 90.8 Å². The van der Waals surface area contributed by atoms with Gasteiger partial charge in [0.25, 0.3) is 5.91 Å². The maximum absolute atomic E-state index is 12.5. The number of amides is 1. The van der Waals surface area contributed by atoms with Crippen LogP contribution in [0.15, 0.2) is 63.5 Å². The first-order valence-electron chi connectivity index (χ1n) is 9.79. The van der Waals surface area contributed by atoms with E-state index in [1.54, 1.807) is 43.3 Å². The Morgan fingerprint density at radius 2 is 1.88 bits per heavy atom. The van der Waals surface area contributed by atoms with Gasteiger partial charge in [-0.15, -0.1) is 0 Å². The van der Waals surface area contributed by atoms with E-state index in [4.69, 9.17) is 56.2 Å². The lowest BCUT2D eigenvalue weighted by Gasteiger charge is -2.16. The van der Waals surface area contributed by atoms with Gasteiger partial charge in [-0.3, -0.25) is 10.1 Å². The lowest BCUT2D eigenvalue weighted by molar-refractivity contribution is -0.125. The van der Waals surface area contributed by atoms with E-state index in [2.05, 4.69) is 31.5 Å². The number of benzene rings is 3. The number of fused-ring (bicyclic) bond motifs is 1. The minimum absolute atomic E-state index is 0.0979. The molecule has 0 aliphatic carbocycles. The molecule has 1 unspecified atom stereocenters. The van der Waals surface area contributed by atoms with E-state index in [1.165, 1.54) is 6.07 Å². The van der Waals surface area contributed by atoms with Crippen LogP contribution in [-0.4, -0.2) is 22.1 Å². The number of nitrogens with zero attached hydrogens (tertiary/aromatic N) is 1. The number of anilines is 1. The van der Waals surface area contributed by atoms with Gasteiger partial charge in [-0.1, -0.05) is 50.7 Å². The minimum atomic E-state index is -0.853. The quantitative estimate of drug-likeness (QED) is 0.232. The summed E-state index contributed by atoms with van der Waals surface area (Å²) in [4.78, 5) is 17.0. The second-order valence-corrected chi connectivity index (χ2v) is 9.68. The Hall–Kier alpha value is -2.36. The topological polar surface area (TPSA) is 76.4 Å². The van der Waals surface area contributed by atoms with Crippen LogP contribution in [-0.2, 0) is 4.79 Å². The third kappa shape index (κ3) is 5.82. The zero-order chi connectivity index (χ0) is 24.4. The van der Waals surface area contributed by atoms with E-state index in [0.29, 0.717) is 49.1 Å². The molecule has 1 aromatic heterocycles. The van der Waals surface area contributed by atoms with Gasteiger partial charge in [0, 0.05) is 15.2 Å². The van der Waals surface area contributed by atoms with Crippen molar-refractivity contribution in [2.24, 2.45) is 0 Å². The van der Waals surface area contributed by atoms with Crippen LogP contribution >= 0.6 is 63.0 Å². The first kappa shape index (κ1) is 24.8. The molecule has 0 aliphatic rings. The molecule has 2 N–H and O–H groups in total. The highest BCUT2D eigenvalue weighted by Gasteiger charge is 2.18. The molecule has 4 aromatic rings. The van der Waals surface area contributed by atoms with Crippen molar-refractivity contribution in [3.8, 4) is 17.2 Å². The molecule has 0 aliphatic heterocycles. The van der Waals surface area contributed by atoms with Crippen LogP contribution in [0.3, 0.4) is 0 Å². The number of thiocarbonyl (C=S) groups is 1. The normalized spacial score (nSPS) is 11.8. The van der Waals surface area contributed by atoms with Crippen molar-refractivity contribution in [1.82, 2.24) is 10.3 Å². The summed E-state index contributed by atoms with van der Waals surface area (Å²) in [5.74, 6) is 0.282. The van der Waals surface area contributed by atoms with Crippen molar-refractivity contribution in [1.29, 1.82) is 0 Å². The van der Waals surface area contributed by atoms with Gasteiger partial charge in [0.15, 0.2) is 16.8 Å². The highest BCUT2D eigenvalue weighted by molar-refractivity contribution is 9.10. The highest BCUT2D eigenvalue weighted by atomic mass is 79.9. The smallest absolute Gasteiger partial charge is 0.266 e. The molecule has 34 heavy (non-hydrogen) atoms. The van der Waals surface area contributed by atoms with E-state index in [9.17, 15) is 4.79 Å². The van der Waals surface area contributed by atoms with Gasteiger partial charge >= 0.3 is 0 Å². The van der Waals surface area contributed by atoms with Crippen LogP contribution < -0.4 is 15.4 Å². The van der Waals surface area contributed by atoms with Crippen molar-refractivity contribution in [3.05, 3.63) is 74.1 Å². The van der Waals surface area contributed by atoms with Gasteiger partial charge < -0.3 is 14.5 Å². The summed E-state index contributed by atoms with van der Waals surface area (Å²) in [6, 6.07) is 15.4. The molecule has 0 saturated heterocycles. The third-order valence-electron chi connectivity index (χ3n) is 4.61. The van der Waals surface area contributed by atoms with Crippen LogP contribution in [0.25, 0.3) is 22.6 Å². The lowest BCUT2D eigenvalue weighted by atomic mass is 10.2. The Bertz CT molecular complexity index is 1410. The van der Waals surface area contributed by atoms with E-state index >= 15 is 0 Å². The number of hydrogen-bond acceptors (Lipinski definition) is 5. The van der Waals surface area contributed by atoms with Gasteiger partial charge in [0.05, 0.1) is 15.6 Å². The molecule has 4 rings (SSSR count). The highest BCUT2D eigenvalue weighted by Crippen LogP contribution is 2.33. The number of rotatable bonds is 5. The van der Waals surface area contributed by atoms with Crippen LogP contribution in [0.1, 0.15) is 6.92 Å². The standard InChI is InChI=1S/C23H15BrCl3N3O3S/c1-11(32-19-6-3-13(25)9-17(19)27)21(31)30-23(34)28-14-4-7-20-18(10-14)29-22(33-20)15-8-12(24)2-5-16(15)26/h2-11H,1H3,(H2,28,30,31,34). The van der Waals surface area contributed by atoms with E-state index in [1.807, 2.05) is 12.1 Å². The number of ether oxygens (including phenoxy) is 1. The average molecular weight is 600 g/mol. The van der Waals surface area contributed by atoms with Crippen molar-refractivity contribution in [2.45, 2.75) is 13.0 Å². The van der Waals surface area contributed by atoms with Gasteiger partial charge in [0.1, 0.15) is 11.3 Å². The Morgan fingerprint density at radius 1 is 1.09 bits per heavy atom. The average Bonchev–Trinajstić information content (AvgIpc) is 3.20. The number of carbonyl (C=O) groups excluding carboxylic acids is 1. The van der Waals surface area contributed by atoms with Crippen molar-refractivity contribution < 1.29 is 13.9 Å². The number of oxazole rings is 1. The summed E-state index contributed by atoms with van der Waals surface area (Å²) in [5, 5.41) is 6.94. The molecule has 11 heteroatoms. The van der Waals surface area contributed by atoms with E-state index in [0.717, 1.165) is 4.47 Å². The lowest BCUT2D eigenvalue weighted by Crippen LogP contribution is -2.42. The zero-order valence-corrected chi connectivity index (χ0v) is 22.0. The van der Waals surface area contributed by atoms with Crippen LogP contribution in [0, 0.1) is 0 Å². The zero-order valence-electron chi connectivity index (χ0n) is 17.4. The first-order chi connectivity index (χ1) is 16.2. The van der Waals surface area contributed by atoms with Gasteiger partial charge in [-0.05, 0) is 73.7 Å². The predicted molar refractivity (Wildman–Crippen MR) is 143 cm³/mol. The Labute approximate surface area is 223 Å². The molecular weight excluding hydrogens is 585 g/mol. The fraction of sp³-hybridized carbons (Fsp3) is 0.0870. The number of aromatic nitrogens is 1. The Morgan fingerprint density at radius 3 is 2.65 bits per heavy atom. The molecule has 0 fully saturated rings. The van der Waals surface area contributed by atoms with Crippen LogP contribution in [0.5, 0.6) is 5.75 Å². The molecular formula is C23H15BrCl3N3O3S. The second kappa shape index (κ2) is 10.5. The predicted octanol–water partition coefficient (Wildman–Crippen LogP) is 7.50. The van der Waals surface area contributed by atoms with Gasteiger partial charge in [-0.2, -0.15) is 0 Å². The second-order valence-electron chi connectivity index (χ2n) is 7.10. The maximum atomic E-state index is 12.5. The molecule has 0 saturated carbocycles. The summed E-state index contributed by atoms with van der Waals surface area (Å²) in [6.07, 6.45) is -0.853. The van der Waals surface area contributed by atoms with Crippen LogP contribution in [0.4, 0.5) is 5.69 Å². The number of hydrogen-bond donors (Lipinski definition) is 2. The number of nitrogens with one attached hydrogen (secondary N) is 2. The Balaban J connectivity index is 1.42. The SMILES string of the molecule is CC(Oc1ccc(Cl)cc1Cl)C(=O)NC(=S)Nc1ccc2oc(-c3cc(Br)ccc3Cl)nc2c1. The summed E-state index contributed by atoms with van der Waals surface area (Å²) in [7, 11) is 0. The van der Waals surface area contributed by atoms with Crippen molar-refractivity contribution in [3.63, 3.8) is 0 Å². The molecule has 0 bridgehead atoms. The first-order valence-corrected chi connectivity index (χ1v) is 12.1. The van der Waals surface area contributed by atoms with Crippen LogP contribution in [0.2, 0.25) is 15.1 Å². The van der Waals surface area contributed by atoms with Gasteiger partial charge in [0.2, 0.25) is 5.89 Å². The summed E-state index contributed by atoms with van der Waals surface area (Å²) in [5.41, 5.74) is 2.46. The number of carbonyl (C=O) groups is 1. The maximum Gasteiger partial charge on any atom is 0.266 e. The van der Waals surface area contributed by atoms with Crippen molar-refractivity contribution in [2.75, 3.05) is 5.32 Å². The molecule has 1 atom stereocenters. The largest absolute Gasteiger partial charge is 0.479 e. The summed E-state index contributed by atoms with van der Waals surface area (Å²) >= 11 is 26.9. The fourth-order valence-corrected chi connectivity index (χ4v) is 4.20. The molecule has 1 amide bonds. The molecule has 0 spiro atoms. The molecule has 174 valence electrons. The molecule has 0 radical (unpaired) electrons. The number of halogens is 4. The molecule has 3 aromatic carbocycles. The molecule has 6 nitrogen and oxygen atoms in total. The summed E-state index contributed by atoms with van der Waals surface area (Å²) < 4.78 is 12.3. The minimum Gasteiger partial charge on any atom is -0.479 e.